The smallest absolute Gasteiger partial charge is 0.163 e. The van der Waals surface area contributed by atoms with E-state index in [1.54, 1.807) is 0 Å². The van der Waals surface area contributed by atoms with Crippen LogP contribution in [0.3, 0.4) is 0 Å². The average molecular weight is 673 g/mol. The Morgan fingerprint density at radius 2 is 0.925 bits per heavy atom. The highest BCUT2D eigenvalue weighted by Gasteiger charge is 2.46. The first-order valence-electron chi connectivity index (χ1n) is 15.5. The summed E-state index contributed by atoms with van der Waals surface area (Å²) in [7, 11) is -1.80. The monoisotopic (exact) mass is 672 g/mol. The van der Waals surface area contributed by atoms with Crippen LogP contribution in [0.2, 0.25) is 0 Å². The van der Waals surface area contributed by atoms with Crippen LogP contribution in [0.25, 0.3) is 0 Å². The van der Waals surface area contributed by atoms with E-state index in [4.69, 9.17) is 9.47 Å². The predicted octanol–water partition coefficient (Wildman–Crippen LogP) is 5.82. The van der Waals surface area contributed by atoms with E-state index in [-0.39, 0.29) is 36.2 Å². The minimum Gasteiger partial charge on any atom is -1.00 e. The van der Waals surface area contributed by atoms with Gasteiger partial charge in [-0.3, -0.25) is 0 Å². The van der Waals surface area contributed by atoms with Crippen molar-refractivity contribution < 1.29 is 33.5 Å². The zero-order valence-electron chi connectivity index (χ0n) is 24.9. The maximum absolute atomic E-state index is 6.51. The molecule has 0 aliphatic carbocycles. The fourth-order valence-electron chi connectivity index (χ4n) is 6.29. The first-order valence-corrected chi connectivity index (χ1v) is 17.4. The summed E-state index contributed by atoms with van der Waals surface area (Å²) in [5.41, 5.74) is 0. The zero-order chi connectivity index (χ0) is 27.4. The Labute approximate surface area is 262 Å². The molecule has 218 valence electrons. The molecular weight excluding hydrogens is 622 g/mol. The lowest BCUT2D eigenvalue weighted by Crippen LogP contribution is -3.00. The highest BCUT2D eigenvalue weighted by atomic mass is 127. The van der Waals surface area contributed by atoms with Crippen molar-refractivity contribution in [2.24, 2.45) is 0 Å². The molecule has 0 N–H and O–H groups in total. The van der Waals surface area contributed by atoms with Gasteiger partial charge in [0.1, 0.15) is 23.2 Å². The van der Waals surface area contributed by atoms with Gasteiger partial charge in [-0.25, -0.2) is 0 Å². The summed E-state index contributed by atoms with van der Waals surface area (Å²) in [6, 6.07) is 33.7. The molecule has 0 unspecified atom stereocenters. The van der Waals surface area contributed by atoms with Gasteiger partial charge >= 0.3 is 0 Å². The predicted molar refractivity (Wildman–Crippen MR) is 170 cm³/mol. The highest BCUT2D eigenvalue weighted by Crippen LogP contribution is 2.56. The second-order valence-corrected chi connectivity index (χ2v) is 15.3. The lowest BCUT2D eigenvalue weighted by atomic mass is 10.0. The van der Waals surface area contributed by atoms with Gasteiger partial charge in [0.2, 0.25) is 0 Å². The van der Waals surface area contributed by atoms with Gasteiger partial charge in [-0.1, -0.05) is 113 Å². The van der Waals surface area contributed by atoms with Gasteiger partial charge in [-0.2, -0.15) is 0 Å². The molecule has 4 rings (SSSR count). The molecule has 0 radical (unpaired) electrons. The second kappa shape index (κ2) is 17.0. The standard InChI is InChI=1S/C36H50O2P.HI/c1-4-5-6-7-8-9-10-20-28-34-35(38-36(2,3)37-34)29-21-30-39(31-22-14-11-15-23-31,32-24-16-12-17-25-32)33-26-18-13-19-27-33;/h11-19,22-27,34-35H,4-10,20-21,28-30H2,1-3H3;1H/q+1;/p-1/t34-,35-;/m1./s1. The van der Waals surface area contributed by atoms with Crippen molar-refractivity contribution in [2.45, 2.75) is 109 Å². The lowest BCUT2D eigenvalue weighted by molar-refractivity contribution is -0.147. The molecule has 2 nitrogen and oxygen atoms in total. The van der Waals surface area contributed by atoms with Gasteiger partial charge in [0.15, 0.2) is 5.79 Å². The lowest BCUT2D eigenvalue weighted by Gasteiger charge is -2.28. The summed E-state index contributed by atoms with van der Waals surface area (Å²) >= 11 is 0. The quantitative estimate of drug-likeness (QED) is 0.109. The zero-order valence-corrected chi connectivity index (χ0v) is 28.0. The fourth-order valence-corrected chi connectivity index (χ4v) is 10.7. The molecule has 1 aliphatic rings. The molecule has 3 aromatic carbocycles. The fraction of sp³-hybridized carbons (Fsp3) is 0.500. The van der Waals surface area contributed by atoms with Crippen molar-refractivity contribution in [1.82, 2.24) is 0 Å². The van der Waals surface area contributed by atoms with Gasteiger partial charge in [-0.05, 0) is 69.5 Å². The highest BCUT2D eigenvalue weighted by molar-refractivity contribution is 7.95. The normalized spacial score (nSPS) is 18.4. The van der Waals surface area contributed by atoms with Crippen molar-refractivity contribution in [3.8, 4) is 0 Å². The number of rotatable bonds is 16. The number of halogens is 1. The molecule has 4 heteroatoms. The van der Waals surface area contributed by atoms with Crippen molar-refractivity contribution >= 4 is 23.2 Å². The Hall–Kier alpha value is -1.26. The maximum atomic E-state index is 6.51. The minimum absolute atomic E-state index is 0. The van der Waals surface area contributed by atoms with Gasteiger partial charge in [0.25, 0.3) is 0 Å². The van der Waals surface area contributed by atoms with E-state index in [2.05, 4.69) is 112 Å². The van der Waals surface area contributed by atoms with Crippen molar-refractivity contribution in [1.29, 1.82) is 0 Å². The summed E-state index contributed by atoms with van der Waals surface area (Å²) in [5, 5.41) is 4.38. The summed E-state index contributed by atoms with van der Waals surface area (Å²) in [5.74, 6) is -0.486. The number of hydrogen-bond donors (Lipinski definition) is 0. The summed E-state index contributed by atoms with van der Waals surface area (Å²) in [6.45, 7) is 6.46. The Kier molecular flexibility index (Phi) is 14.1. The SMILES string of the molecule is CCCCCCCCCC[C@H]1OC(C)(C)O[C@@H]1CCC[P+](c1ccccc1)(c1ccccc1)c1ccccc1.[I-]. The van der Waals surface area contributed by atoms with E-state index in [9.17, 15) is 0 Å². The third-order valence-electron chi connectivity index (χ3n) is 8.20. The molecule has 0 spiro atoms. The first-order chi connectivity index (χ1) is 19.0. The molecule has 1 aliphatic heterocycles. The summed E-state index contributed by atoms with van der Waals surface area (Å²) in [4.78, 5) is 0. The van der Waals surface area contributed by atoms with Gasteiger partial charge in [0.05, 0.1) is 18.4 Å². The van der Waals surface area contributed by atoms with Gasteiger partial charge < -0.3 is 33.5 Å². The molecule has 0 bridgehead atoms. The van der Waals surface area contributed by atoms with E-state index in [1.165, 1.54) is 67.3 Å². The minimum atomic E-state index is -1.80. The first kappa shape index (κ1) is 33.2. The number of hydrogen-bond acceptors (Lipinski definition) is 2. The summed E-state index contributed by atoms with van der Waals surface area (Å²) < 4.78 is 13.0. The molecular formula is C36H50IO2P. The maximum Gasteiger partial charge on any atom is 0.163 e. The van der Waals surface area contributed by atoms with Crippen LogP contribution < -0.4 is 39.9 Å². The van der Waals surface area contributed by atoms with Gasteiger partial charge in [-0.15, -0.1) is 0 Å². The molecule has 3 aromatic rings. The van der Waals surface area contributed by atoms with Gasteiger partial charge in [0, 0.05) is 0 Å². The third-order valence-corrected chi connectivity index (χ3v) is 12.7. The Bertz CT molecular complexity index is 977. The van der Waals surface area contributed by atoms with E-state index < -0.39 is 13.0 Å². The molecule has 1 fully saturated rings. The molecule has 0 amide bonds. The Balaban J connectivity index is 0.00000441. The Morgan fingerprint density at radius 1 is 0.550 bits per heavy atom. The van der Waals surface area contributed by atoms with Crippen molar-refractivity contribution in [2.75, 3.05) is 6.16 Å². The molecule has 1 saturated heterocycles. The second-order valence-electron chi connectivity index (χ2n) is 11.7. The van der Waals surface area contributed by atoms with E-state index in [0.717, 1.165) is 25.4 Å². The van der Waals surface area contributed by atoms with Crippen molar-refractivity contribution in [3.05, 3.63) is 91.0 Å². The van der Waals surface area contributed by atoms with Crippen LogP contribution in [0.4, 0.5) is 0 Å². The molecule has 1 heterocycles. The van der Waals surface area contributed by atoms with Crippen LogP contribution in [-0.2, 0) is 9.47 Å². The van der Waals surface area contributed by atoms with Crippen LogP contribution in [-0.4, -0.2) is 24.2 Å². The van der Waals surface area contributed by atoms with Crippen molar-refractivity contribution in [3.63, 3.8) is 0 Å². The number of benzene rings is 3. The molecule has 0 aromatic heterocycles. The van der Waals surface area contributed by atoms with Crippen LogP contribution in [0.15, 0.2) is 91.0 Å². The van der Waals surface area contributed by atoms with E-state index in [1.807, 2.05) is 0 Å². The van der Waals surface area contributed by atoms with E-state index in [0.29, 0.717) is 0 Å². The van der Waals surface area contributed by atoms with Crippen LogP contribution >= 0.6 is 7.26 Å². The molecule has 40 heavy (non-hydrogen) atoms. The average Bonchev–Trinajstić information content (AvgIpc) is 3.27. The van der Waals surface area contributed by atoms with Crippen LogP contribution in [0.1, 0.15) is 91.4 Å². The van der Waals surface area contributed by atoms with E-state index >= 15 is 0 Å². The Morgan fingerprint density at radius 3 is 1.35 bits per heavy atom. The molecule has 0 saturated carbocycles. The topological polar surface area (TPSA) is 18.5 Å². The number of unbranched alkanes of at least 4 members (excludes halogenated alkanes) is 7. The van der Waals surface area contributed by atoms with Crippen LogP contribution in [0, 0.1) is 0 Å². The van der Waals surface area contributed by atoms with Crippen LogP contribution in [0.5, 0.6) is 0 Å². The third kappa shape index (κ3) is 9.12. The largest absolute Gasteiger partial charge is 1.00 e. The molecule has 2 atom stereocenters. The number of ether oxygens (including phenoxy) is 2. The summed E-state index contributed by atoms with van der Waals surface area (Å²) in [6.07, 6.45) is 15.5.